The molecule has 0 aromatic rings. The van der Waals surface area contributed by atoms with Crippen LogP contribution in [0.4, 0.5) is 0 Å². The van der Waals surface area contributed by atoms with Gasteiger partial charge in [-0.05, 0) is 6.42 Å². The van der Waals surface area contributed by atoms with E-state index in [2.05, 4.69) is 11.7 Å². The molecule has 0 aliphatic carbocycles. The van der Waals surface area contributed by atoms with Gasteiger partial charge in [-0.1, -0.05) is 96.8 Å². The lowest BCUT2D eigenvalue weighted by Gasteiger charge is -2.03. The molecule has 1 rings (SSSR count). The lowest BCUT2D eigenvalue weighted by Crippen LogP contribution is -1.93. The summed E-state index contributed by atoms with van der Waals surface area (Å²) in [5.41, 5.74) is 0. The maximum atomic E-state index is 10.3. The van der Waals surface area contributed by atoms with Gasteiger partial charge in [-0.15, -0.1) is 0 Å². The molecule has 0 saturated carbocycles. The molecule has 1 fully saturated rings. The molecule has 164 valence electrons. The van der Waals surface area contributed by atoms with Crippen molar-refractivity contribution in [2.75, 3.05) is 26.4 Å². The maximum Gasteiger partial charge on any atom is 0.303 e. The zero-order chi connectivity index (χ0) is 20.4. The van der Waals surface area contributed by atoms with E-state index in [1.54, 1.807) is 0 Å². The Bertz CT molecular complexity index is 265. The van der Waals surface area contributed by atoms with Crippen LogP contribution in [0.3, 0.4) is 0 Å². The Morgan fingerprint density at radius 1 is 0.667 bits per heavy atom. The van der Waals surface area contributed by atoms with Crippen LogP contribution in [0.2, 0.25) is 0 Å². The molecular weight excluding hydrogens is 344 g/mol. The first-order valence-corrected chi connectivity index (χ1v) is 11.2. The van der Waals surface area contributed by atoms with Gasteiger partial charge in [-0.3, -0.25) is 4.79 Å². The number of rotatable bonds is 17. The molecule has 0 spiro atoms. The minimum absolute atomic E-state index is 0.125. The monoisotopic (exact) mass is 390 g/mol. The van der Waals surface area contributed by atoms with Crippen molar-refractivity contribution in [1.29, 1.82) is 0 Å². The molecule has 1 aliphatic rings. The molecule has 0 amide bonds. The van der Waals surface area contributed by atoms with E-state index >= 15 is 0 Å². The quantitative estimate of drug-likeness (QED) is 0.231. The van der Waals surface area contributed by atoms with Gasteiger partial charge in [0, 0.05) is 6.42 Å². The third-order valence-corrected chi connectivity index (χ3v) is 4.30. The Labute approximate surface area is 167 Å². The Morgan fingerprint density at radius 3 is 1.19 bits per heavy atom. The van der Waals surface area contributed by atoms with Gasteiger partial charge < -0.3 is 20.1 Å². The van der Waals surface area contributed by atoms with Crippen molar-refractivity contribution in [2.45, 2.75) is 110 Å². The van der Waals surface area contributed by atoms with Crippen LogP contribution in [0, 0.1) is 0 Å². The largest absolute Gasteiger partial charge is 0.481 e. The molecule has 1 aliphatic heterocycles. The number of aliphatic carboxylic acids is 1. The Morgan fingerprint density at radius 2 is 0.963 bits per heavy atom. The highest BCUT2D eigenvalue weighted by Gasteiger charge is 1.97. The molecule has 1 saturated heterocycles. The van der Waals surface area contributed by atoms with Crippen molar-refractivity contribution >= 4 is 5.97 Å². The molecule has 0 aromatic carbocycles. The lowest BCUT2D eigenvalue weighted by atomic mass is 10.0. The zero-order valence-electron chi connectivity index (χ0n) is 17.8. The van der Waals surface area contributed by atoms with Gasteiger partial charge in [0.15, 0.2) is 0 Å². The van der Waals surface area contributed by atoms with Gasteiger partial charge in [0.05, 0.1) is 26.4 Å². The smallest absolute Gasteiger partial charge is 0.303 e. The second kappa shape index (κ2) is 27.6. The minimum Gasteiger partial charge on any atom is -0.481 e. The number of epoxide rings is 1. The second-order valence-corrected chi connectivity index (χ2v) is 7.15. The van der Waals surface area contributed by atoms with Gasteiger partial charge in [0.2, 0.25) is 0 Å². The molecular formula is C22H46O5. The van der Waals surface area contributed by atoms with Crippen molar-refractivity contribution in [2.24, 2.45) is 0 Å². The normalized spacial score (nSPS) is 11.8. The summed E-state index contributed by atoms with van der Waals surface area (Å²) < 4.78 is 4.50. The molecule has 5 nitrogen and oxygen atoms in total. The minimum atomic E-state index is -0.653. The summed E-state index contributed by atoms with van der Waals surface area (Å²) in [7, 11) is 0. The Hall–Kier alpha value is -0.650. The van der Waals surface area contributed by atoms with Crippen molar-refractivity contribution in [3.8, 4) is 0 Å². The van der Waals surface area contributed by atoms with Gasteiger partial charge >= 0.3 is 5.97 Å². The van der Waals surface area contributed by atoms with Crippen LogP contribution < -0.4 is 0 Å². The van der Waals surface area contributed by atoms with E-state index < -0.39 is 5.97 Å². The van der Waals surface area contributed by atoms with Gasteiger partial charge in [0.1, 0.15) is 0 Å². The zero-order valence-corrected chi connectivity index (χ0v) is 17.8. The average molecular weight is 391 g/mol. The predicted octanol–water partition coefficient (Wildman–Crippen LogP) is 5.32. The fourth-order valence-electron chi connectivity index (χ4n) is 2.65. The van der Waals surface area contributed by atoms with Crippen LogP contribution >= 0.6 is 0 Å². The number of carboxylic acids is 1. The average Bonchev–Trinajstić information content (AvgIpc) is 3.54. The Kier molecular flexibility index (Phi) is 29.2. The predicted molar refractivity (Wildman–Crippen MR) is 112 cm³/mol. The molecule has 0 bridgehead atoms. The highest BCUT2D eigenvalue weighted by atomic mass is 16.6. The number of aliphatic hydroxyl groups is 2. The topological polar surface area (TPSA) is 90.3 Å². The summed E-state index contributed by atoms with van der Waals surface area (Å²) in [4.78, 5) is 10.3. The highest BCUT2D eigenvalue weighted by molar-refractivity contribution is 5.66. The first-order chi connectivity index (χ1) is 13.2. The third-order valence-electron chi connectivity index (χ3n) is 4.30. The van der Waals surface area contributed by atoms with E-state index in [1.165, 1.54) is 83.5 Å². The molecule has 0 unspecified atom stereocenters. The molecule has 0 atom stereocenters. The van der Waals surface area contributed by atoms with Crippen LogP contribution in [0.15, 0.2) is 0 Å². The van der Waals surface area contributed by atoms with Crippen molar-refractivity contribution in [3.05, 3.63) is 0 Å². The SMILES string of the molecule is C1CO1.CCCCCCCCCCCCCCCCCC(=O)O.OCCO. The number of hydrogen-bond donors (Lipinski definition) is 3. The van der Waals surface area contributed by atoms with Gasteiger partial charge in [-0.2, -0.15) is 0 Å². The number of carboxylic acid groups (broad SMARTS) is 1. The second-order valence-electron chi connectivity index (χ2n) is 7.15. The number of carbonyl (C=O) groups is 1. The van der Waals surface area contributed by atoms with Gasteiger partial charge in [-0.25, -0.2) is 0 Å². The highest BCUT2D eigenvalue weighted by Crippen LogP contribution is 2.13. The van der Waals surface area contributed by atoms with Crippen molar-refractivity contribution < 1.29 is 24.9 Å². The van der Waals surface area contributed by atoms with E-state index in [9.17, 15) is 4.79 Å². The summed E-state index contributed by atoms with van der Waals surface area (Å²) in [6.45, 7) is 4.02. The number of hydrogen-bond acceptors (Lipinski definition) is 4. The standard InChI is InChI=1S/C18H36O2.C2H6O2.C2H4O/c1-2-3-4-5-6-7-8-9-10-11-12-13-14-15-16-17-18(19)20;3-1-2-4;1-2-3-1/h2-17H2,1H3,(H,19,20);3-4H,1-2H2;1-2H2. The molecule has 5 heteroatoms. The molecule has 3 N–H and O–H groups in total. The first-order valence-electron chi connectivity index (χ1n) is 11.2. The molecule has 27 heavy (non-hydrogen) atoms. The number of unbranched alkanes of at least 4 members (excludes halogenated alkanes) is 14. The van der Waals surface area contributed by atoms with Crippen molar-refractivity contribution in [3.63, 3.8) is 0 Å². The van der Waals surface area contributed by atoms with Crippen LogP contribution in [-0.2, 0) is 9.53 Å². The number of ether oxygens (including phenoxy) is 1. The number of aliphatic hydroxyl groups excluding tert-OH is 2. The third kappa shape index (κ3) is 41.0. The molecule has 0 aromatic heterocycles. The fraction of sp³-hybridized carbons (Fsp3) is 0.955. The van der Waals surface area contributed by atoms with Crippen molar-refractivity contribution in [1.82, 2.24) is 0 Å². The van der Waals surface area contributed by atoms with E-state index in [4.69, 9.17) is 15.3 Å². The first kappa shape index (κ1) is 28.6. The van der Waals surface area contributed by atoms with E-state index in [0.717, 1.165) is 26.1 Å². The summed E-state index contributed by atoms with van der Waals surface area (Å²) in [5.74, 6) is -0.653. The van der Waals surface area contributed by atoms with E-state index in [-0.39, 0.29) is 13.2 Å². The van der Waals surface area contributed by atoms with Crippen LogP contribution in [0.1, 0.15) is 110 Å². The Balaban J connectivity index is 0. The maximum absolute atomic E-state index is 10.3. The van der Waals surface area contributed by atoms with E-state index in [1.807, 2.05) is 0 Å². The van der Waals surface area contributed by atoms with Gasteiger partial charge in [0.25, 0.3) is 0 Å². The summed E-state index contributed by atoms with van der Waals surface area (Å²) >= 11 is 0. The molecule has 1 heterocycles. The lowest BCUT2D eigenvalue weighted by molar-refractivity contribution is -0.137. The summed E-state index contributed by atoms with van der Waals surface area (Å²) in [6, 6.07) is 0. The summed E-state index contributed by atoms with van der Waals surface area (Å²) in [6.07, 6.45) is 20.2. The fourth-order valence-corrected chi connectivity index (χ4v) is 2.65. The van der Waals surface area contributed by atoms with Crippen LogP contribution in [0.5, 0.6) is 0 Å². The molecule has 0 radical (unpaired) electrons. The van der Waals surface area contributed by atoms with E-state index in [0.29, 0.717) is 6.42 Å². The van der Waals surface area contributed by atoms with Crippen LogP contribution in [-0.4, -0.2) is 47.7 Å². The summed E-state index contributed by atoms with van der Waals surface area (Å²) in [5, 5.41) is 23.8. The van der Waals surface area contributed by atoms with Crippen LogP contribution in [0.25, 0.3) is 0 Å².